The molecular formula is C35H30N4O5S2. The minimum absolute atomic E-state index is 0.0470. The molecule has 0 atom stereocenters. The van der Waals surface area contributed by atoms with E-state index in [1.165, 1.54) is 30.2 Å². The number of ether oxygens (including phenoxy) is 2. The molecule has 5 aromatic rings. The lowest BCUT2D eigenvalue weighted by Gasteiger charge is -2.13. The number of anilines is 2. The number of thioether (sulfide) groups is 1. The molecule has 9 nitrogen and oxygen atoms in total. The summed E-state index contributed by atoms with van der Waals surface area (Å²) in [5.41, 5.74) is 3.31. The van der Waals surface area contributed by atoms with Crippen LogP contribution in [0.15, 0.2) is 119 Å². The molecule has 0 saturated carbocycles. The number of aromatic nitrogens is 1. The molecule has 11 heteroatoms. The number of para-hydroxylation sites is 1. The monoisotopic (exact) mass is 650 g/mol. The third-order valence-electron chi connectivity index (χ3n) is 6.59. The van der Waals surface area contributed by atoms with Gasteiger partial charge in [0.25, 0.3) is 11.8 Å². The molecule has 1 heterocycles. The molecule has 0 radical (unpaired) electrons. The Hall–Kier alpha value is -5.39. The number of thiazole rings is 1. The normalized spacial score (nSPS) is 11.0. The number of benzene rings is 4. The predicted molar refractivity (Wildman–Crippen MR) is 183 cm³/mol. The van der Waals surface area contributed by atoms with Crippen molar-refractivity contribution in [1.82, 2.24) is 10.3 Å². The van der Waals surface area contributed by atoms with Crippen LogP contribution in [0.25, 0.3) is 17.3 Å². The fourth-order valence-electron chi connectivity index (χ4n) is 4.25. The van der Waals surface area contributed by atoms with Crippen molar-refractivity contribution < 1.29 is 23.9 Å². The lowest BCUT2D eigenvalue weighted by molar-refractivity contribution is -0.114. The molecule has 0 saturated heterocycles. The van der Waals surface area contributed by atoms with Crippen LogP contribution in [0.5, 0.6) is 11.5 Å². The van der Waals surface area contributed by atoms with Crippen molar-refractivity contribution in [2.75, 3.05) is 30.6 Å². The van der Waals surface area contributed by atoms with E-state index >= 15 is 0 Å². The van der Waals surface area contributed by atoms with Gasteiger partial charge in [0.05, 0.1) is 25.7 Å². The minimum atomic E-state index is -0.507. The third kappa shape index (κ3) is 8.62. The number of hydrogen-bond acceptors (Lipinski definition) is 8. The van der Waals surface area contributed by atoms with E-state index in [-0.39, 0.29) is 17.4 Å². The van der Waals surface area contributed by atoms with E-state index in [1.807, 2.05) is 60.0 Å². The predicted octanol–water partition coefficient (Wildman–Crippen LogP) is 6.97. The Bertz CT molecular complexity index is 1840. The van der Waals surface area contributed by atoms with Gasteiger partial charge in [0.2, 0.25) is 5.91 Å². The summed E-state index contributed by atoms with van der Waals surface area (Å²) in [6.07, 6.45) is 1.57. The molecule has 4 aromatic carbocycles. The number of amides is 3. The van der Waals surface area contributed by atoms with E-state index in [1.54, 1.807) is 61.7 Å². The molecule has 0 spiro atoms. The maximum Gasteiger partial charge on any atom is 0.272 e. The van der Waals surface area contributed by atoms with Crippen LogP contribution >= 0.6 is 23.1 Å². The van der Waals surface area contributed by atoms with Crippen molar-refractivity contribution in [3.8, 4) is 22.8 Å². The molecule has 5 rings (SSSR count). The zero-order valence-corrected chi connectivity index (χ0v) is 26.6. The van der Waals surface area contributed by atoms with Gasteiger partial charge in [-0.3, -0.25) is 14.4 Å². The summed E-state index contributed by atoms with van der Waals surface area (Å²) in [6.45, 7) is 0. The summed E-state index contributed by atoms with van der Waals surface area (Å²) >= 11 is 2.71. The second kappa shape index (κ2) is 15.6. The summed E-state index contributed by atoms with van der Waals surface area (Å²) in [4.78, 5) is 44.3. The van der Waals surface area contributed by atoms with E-state index in [9.17, 15) is 14.4 Å². The molecule has 46 heavy (non-hydrogen) atoms. The van der Waals surface area contributed by atoms with E-state index in [2.05, 4.69) is 20.9 Å². The smallest absolute Gasteiger partial charge is 0.272 e. The molecule has 0 aliphatic carbocycles. The first-order valence-corrected chi connectivity index (χ1v) is 15.9. The van der Waals surface area contributed by atoms with Crippen LogP contribution in [0.3, 0.4) is 0 Å². The van der Waals surface area contributed by atoms with E-state index in [0.29, 0.717) is 27.7 Å². The maximum absolute atomic E-state index is 13.4. The van der Waals surface area contributed by atoms with Crippen molar-refractivity contribution >= 4 is 57.7 Å². The van der Waals surface area contributed by atoms with Crippen molar-refractivity contribution in [3.05, 3.63) is 125 Å². The molecule has 0 bridgehead atoms. The summed E-state index contributed by atoms with van der Waals surface area (Å²) in [5.74, 6) is 0.389. The van der Waals surface area contributed by atoms with E-state index < -0.39 is 11.8 Å². The second-order valence-corrected chi connectivity index (χ2v) is 11.6. The highest BCUT2D eigenvalue weighted by molar-refractivity contribution is 8.00. The Morgan fingerprint density at radius 3 is 2.26 bits per heavy atom. The van der Waals surface area contributed by atoms with Gasteiger partial charge < -0.3 is 25.4 Å². The summed E-state index contributed by atoms with van der Waals surface area (Å²) < 4.78 is 10.6. The average Bonchev–Trinajstić information content (AvgIpc) is 3.56. The lowest BCUT2D eigenvalue weighted by atomic mass is 10.1. The Kier molecular flexibility index (Phi) is 10.8. The molecule has 3 amide bonds. The van der Waals surface area contributed by atoms with Crippen LogP contribution in [-0.2, 0) is 9.59 Å². The third-order valence-corrected chi connectivity index (χ3v) is 8.36. The van der Waals surface area contributed by atoms with Crippen molar-refractivity contribution in [3.63, 3.8) is 0 Å². The Morgan fingerprint density at radius 1 is 0.826 bits per heavy atom. The first kappa shape index (κ1) is 32.0. The van der Waals surface area contributed by atoms with Gasteiger partial charge in [-0.2, -0.15) is 0 Å². The highest BCUT2D eigenvalue weighted by atomic mass is 32.2. The molecule has 232 valence electrons. The molecule has 3 N–H and O–H groups in total. The van der Waals surface area contributed by atoms with Gasteiger partial charge >= 0.3 is 0 Å². The van der Waals surface area contributed by atoms with Crippen LogP contribution in [-0.4, -0.2) is 42.7 Å². The van der Waals surface area contributed by atoms with Gasteiger partial charge in [0.15, 0.2) is 5.13 Å². The number of carbonyl (C=O) groups is 3. The highest BCUT2D eigenvalue weighted by Gasteiger charge is 2.16. The molecular weight excluding hydrogens is 621 g/mol. The SMILES string of the molecule is COc1ccc(-c2csc(NC(=O)CSc3ccc(NC(=O)/C(=C/c4ccccc4OC)NC(=O)c4ccccc4)cc3)n2)cc1. The first-order chi connectivity index (χ1) is 22.4. The van der Waals surface area contributed by atoms with Crippen molar-refractivity contribution in [2.45, 2.75) is 4.90 Å². The average molecular weight is 651 g/mol. The van der Waals surface area contributed by atoms with Gasteiger partial charge in [0, 0.05) is 32.7 Å². The second-order valence-electron chi connectivity index (χ2n) is 9.70. The molecule has 0 unspecified atom stereocenters. The first-order valence-electron chi connectivity index (χ1n) is 14.1. The molecule has 1 aromatic heterocycles. The molecule has 0 fully saturated rings. The Labute approximate surface area is 274 Å². The quantitative estimate of drug-likeness (QED) is 0.0986. The van der Waals surface area contributed by atoms with Crippen LogP contribution in [0.2, 0.25) is 0 Å². The van der Waals surface area contributed by atoms with E-state index in [4.69, 9.17) is 9.47 Å². The number of nitrogens with zero attached hydrogens (tertiary/aromatic N) is 1. The number of rotatable bonds is 12. The summed E-state index contributed by atoms with van der Waals surface area (Å²) in [5, 5.41) is 10.8. The van der Waals surface area contributed by atoms with Gasteiger partial charge in [-0.25, -0.2) is 4.98 Å². The Morgan fingerprint density at radius 2 is 1.54 bits per heavy atom. The number of hydrogen-bond donors (Lipinski definition) is 3. The zero-order chi connectivity index (χ0) is 32.3. The lowest BCUT2D eigenvalue weighted by Crippen LogP contribution is -2.30. The van der Waals surface area contributed by atoms with Crippen molar-refractivity contribution in [1.29, 1.82) is 0 Å². The van der Waals surface area contributed by atoms with E-state index in [0.717, 1.165) is 21.9 Å². The zero-order valence-electron chi connectivity index (χ0n) is 25.0. The summed E-state index contributed by atoms with van der Waals surface area (Å²) in [7, 11) is 3.15. The van der Waals surface area contributed by atoms with Crippen LogP contribution in [0.4, 0.5) is 10.8 Å². The molecule has 0 aliphatic rings. The molecule has 0 aliphatic heterocycles. The number of methoxy groups -OCH3 is 2. The largest absolute Gasteiger partial charge is 0.497 e. The minimum Gasteiger partial charge on any atom is -0.497 e. The summed E-state index contributed by atoms with van der Waals surface area (Å²) in [6, 6.07) is 30.5. The maximum atomic E-state index is 13.4. The fourth-order valence-corrected chi connectivity index (χ4v) is 5.68. The van der Waals surface area contributed by atoms with Crippen LogP contribution in [0.1, 0.15) is 15.9 Å². The Balaban J connectivity index is 1.19. The fraction of sp³-hybridized carbons (Fsp3) is 0.0857. The standard InChI is InChI=1S/C35H30N4O5S2/c1-43-27-16-12-23(13-17-27)30-21-46-35(38-30)39-32(40)22-45-28-18-14-26(15-19-28)36-34(42)29(20-25-10-6-7-11-31(25)44-2)37-33(41)24-8-4-3-5-9-24/h3-21H,22H2,1-2H3,(H,36,42)(H,37,41)(H,38,39,40)/b29-20-. The topological polar surface area (TPSA) is 119 Å². The number of carbonyl (C=O) groups excluding carboxylic acids is 3. The van der Waals surface area contributed by atoms with Crippen LogP contribution < -0.4 is 25.4 Å². The van der Waals surface area contributed by atoms with Gasteiger partial charge in [-0.1, -0.05) is 36.4 Å². The van der Waals surface area contributed by atoms with Crippen molar-refractivity contribution in [2.24, 2.45) is 0 Å². The van der Waals surface area contributed by atoms with Gasteiger partial charge in [-0.05, 0) is 72.8 Å². The van der Waals surface area contributed by atoms with Gasteiger partial charge in [-0.15, -0.1) is 23.1 Å². The van der Waals surface area contributed by atoms with Gasteiger partial charge in [0.1, 0.15) is 17.2 Å². The number of nitrogens with one attached hydrogen (secondary N) is 3. The van der Waals surface area contributed by atoms with Crippen LogP contribution in [0, 0.1) is 0 Å². The highest BCUT2D eigenvalue weighted by Crippen LogP contribution is 2.27.